The molecule has 0 radical (unpaired) electrons. The fourth-order valence-corrected chi connectivity index (χ4v) is 5.94. The minimum atomic E-state index is 0.748. The van der Waals surface area contributed by atoms with E-state index in [0.29, 0.717) is 0 Å². The van der Waals surface area contributed by atoms with Crippen LogP contribution in [0.5, 0.6) is 0 Å². The van der Waals surface area contributed by atoms with Crippen molar-refractivity contribution in [3.63, 3.8) is 0 Å². The molecule has 0 aromatic carbocycles. The van der Waals surface area contributed by atoms with E-state index in [9.17, 15) is 0 Å². The SMILES string of the molecule is CC(C)C(C)C.CC(C)C1CC1.CC(C)C1CCN(C(C)C)CC1.CC(C)C1CCN(C)CC1.CC(C)C1CCOCC1. The second-order valence-electron chi connectivity index (χ2n) is 16.9. The normalized spacial score (nSPS) is 21.3. The van der Waals surface area contributed by atoms with E-state index in [0.717, 1.165) is 78.4 Å². The second kappa shape index (κ2) is 24.1. The molecular formula is C40H84N2O. The molecule has 0 amide bonds. The van der Waals surface area contributed by atoms with E-state index >= 15 is 0 Å². The summed E-state index contributed by atoms with van der Waals surface area (Å²) in [6.45, 7) is 39.4. The van der Waals surface area contributed by atoms with Crippen molar-refractivity contribution < 1.29 is 4.74 Å². The van der Waals surface area contributed by atoms with Crippen molar-refractivity contribution in [3.05, 3.63) is 0 Å². The average molecular weight is 609 g/mol. The summed E-state index contributed by atoms with van der Waals surface area (Å²) < 4.78 is 5.25. The van der Waals surface area contributed by atoms with Gasteiger partial charge in [-0.2, -0.15) is 0 Å². The van der Waals surface area contributed by atoms with Crippen molar-refractivity contribution in [1.29, 1.82) is 0 Å². The monoisotopic (exact) mass is 609 g/mol. The van der Waals surface area contributed by atoms with E-state index in [1.54, 1.807) is 0 Å². The van der Waals surface area contributed by atoms with Gasteiger partial charge < -0.3 is 14.5 Å². The zero-order valence-electron chi connectivity index (χ0n) is 32.6. The van der Waals surface area contributed by atoms with Gasteiger partial charge in [0.1, 0.15) is 0 Å². The first-order valence-corrected chi connectivity index (χ1v) is 19.1. The van der Waals surface area contributed by atoms with Crippen molar-refractivity contribution in [3.8, 4) is 0 Å². The lowest BCUT2D eigenvalue weighted by Crippen LogP contribution is -2.39. The summed E-state index contributed by atoms with van der Waals surface area (Å²) in [5.74, 6) is 9.32. The van der Waals surface area contributed by atoms with Crippen LogP contribution in [0.3, 0.4) is 0 Å². The van der Waals surface area contributed by atoms with E-state index < -0.39 is 0 Å². The van der Waals surface area contributed by atoms with Crippen LogP contribution in [0.4, 0.5) is 0 Å². The second-order valence-corrected chi connectivity index (χ2v) is 16.9. The van der Waals surface area contributed by atoms with Crippen molar-refractivity contribution in [2.45, 2.75) is 154 Å². The van der Waals surface area contributed by atoms with Gasteiger partial charge in [0.15, 0.2) is 0 Å². The van der Waals surface area contributed by atoms with Crippen LogP contribution in [0.2, 0.25) is 0 Å². The van der Waals surface area contributed by atoms with Crippen LogP contribution < -0.4 is 0 Å². The maximum absolute atomic E-state index is 5.25. The van der Waals surface area contributed by atoms with E-state index in [2.05, 4.69) is 114 Å². The quantitative estimate of drug-likeness (QED) is 0.298. The van der Waals surface area contributed by atoms with Gasteiger partial charge in [0, 0.05) is 19.3 Å². The lowest BCUT2D eigenvalue weighted by atomic mass is 9.86. The van der Waals surface area contributed by atoms with Crippen LogP contribution in [0.15, 0.2) is 0 Å². The highest BCUT2D eigenvalue weighted by atomic mass is 16.5. The molecule has 3 aliphatic heterocycles. The average Bonchev–Trinajstić information content (AvgIpc) is 3.81. The summed E-state index contributed by atoms with van der Waals surface area (Å²) in [7, 11) is 2.22. The molecule has 1 saturated carbocycles. The molecule has 260 valence electrons. The number of piperidine rings is 2. The molecule has 3 heteroatoms. The van der Waals surface area contributed by atoms with Gasteiger partial charge in [0.2, 0.25) is 0 Å². The molecule has 0 aromatic rings. The summed E-state index contributed by atoms with van der Waals surface area (Å²) in [4.78, 5) is 5.03. The Morgan fingerprint density at radius 2 is 0.721 bits per heavy atom. The van der Waals surface area contributed by atoms with Gasteiger partial charge in [-0.25, -0.2) is 0 Å². The van der Waals surface area contributed by atoms with Crippen LogP contribution in [-0.2, 0) is 4.74 Å². The Hall–Kier alpha value is -0.120. The molecule has 0 bridgehead atoms. The number of nitrogens with zero attached hydrogens (tertiary/aromatic N) is 2. The van der Waals surface area contributed by atoms with Gasteiger partial charge in [0.05, 0.1) is 0 Å². The summed E-state index contributed by atoms with van der Waals surface area (Å²) >= 11 is 0. The third-order valence-corrected chi connectivity index (χ3v) is 11.1. The lowest BCUT2D eigenvalue weighted by Gasteiger charge is -2.36. The molecule has 4 rings (SSSR count). The molecule has 1 aliphatic carbocycles. The zero-order chi connectivity index (χ0) is 33.1. The van der Waals surface area contributed by atoms with Crippen molar-refractivity contribution in [2.75, 3.05) is 46.4 Å². The zero-order valence-corrected chi connectivity index (χ0v) is 32.6. The van der Waals surface area contributed by atoms with E-state index in [-0.39, 0.29) is 0 Å². The first-order chi connectivity index (χ1) is 20.1. The predicted molar refractivity (Wildman–Crippen MR) is 195 cm³/mol. The molecule has 43 heavy (non-hydrogen) atoms. The van der Waals surface area contributed by atoms with Gasteiger partial charge >= 0.3 is 0 Å². The Morgan fingerprint density at radius 1 is 0.419 bits per heavy atom. The highest BCUT2D eigenvalue weighted by Crippen LogP contribution is 2.35. The Bertz CT molecular complexity index is 570. The van der Waals surface area contributed by atoms with E-state index in [1.807, 2.05) is 0 Å². The third-order valence-electron chi connectivity index (χ3n) is 11.1. The molecule has 0 unspecified atom stereocenters. The fraction of sp³-hybridized carbons (Fsp3) is 1.00. The van der Waals surface area contributed by atoms with Crippen LogP contribution in [0, 0.1) is 59.2 Å². The van der Waals surface area contributed by atoms with Gasteiger partial charge in [-0.3, -0.25) is 0 Å². The summed E-state index contributed by atoms with van der Waals surface area (Å²) in [5, 5.41) is 0. The highest BCUT2D eigenvalue weighted by molar-refractivity contribution is 4.76. The van der Waals surface area contributed by atoms with Crippen molar-refractivity contribution >= 4 is 0 Å². The first kappa shape index (κ1) is 42.9. The first-order valence-electron chi connectivity index (χ1n) is 19.1. The molecule has 0 spiro atoms. The smallest absolute Gasteiger partial charge is 0.0468 e. The number of hydrogen-bond acceptors (Lipinski definition) is 3. The van der Waals surface area contributed by atoms with E-state index in [1.165, 1.54) is 77.5 Å². The molecular weight excluding hydrogens is 524 g/mol. The Labute approximate surface area is 274 Å². The van der Waals surface area contributed by atoms with E-state index in [4.69, 9.17) is 4.74 Å². The highest BCUT2D eigenvalue weighted by Gasteiger charge is 2.24. The van der Waals surface area contributed by atoms with Crippen LogP contribution in [0.25, 0.3) is 0 Å². The van der Waals surface area contributed by atoms with Crippen LogP contribution in [0.1, 0.15) is 148 Å². The molecule has 3 saturated heterocycles. The number of rotatable bonds is 6. The molecule has 4 fully saturated rings. The largest absolute Gasteiger partial charge is 0.381 e. The van der Waals surface area contributed by atoms with Gasteiger partial charge in [-0.15, -0.1) is 0 Å². The molecule has 4 aliphatic rings. The third kappa shape index (κ3) is 22.1. The Morgan fingerprint density at radius 3 is 0.953 bits per heavy atom. The topological polar surface area (TPSA) is 15.7 Å². The number of ether oxygens (including phenoxy) is 1. The number of likely N-dealkylation sites (tertiary alicyclic amines) is 2. The fourth-order valence-electron chi connectivity index (χ4n) is 5.94. The summed E-state index contributed by atoms with van der Waals surface area (Å²) in [6.07, 6.45) is 11.2. The minimum absolute atomic E-state index is 0.748. The Balaban J connectivity index is 0.000000526. The summed E-state index contributed by atoms with van der Waals surface area (Å²) in [5.41, 5.74) is 0. The molecule has 0 N–H and O–H groups in total. The molecule has 3 heterocycles. The lowest BCUT2D eigenvalue weighted by molar-refractivity contribution is 0.0523. The molecule has 3 nitrogen and oxygen atoms in total. The maximum atomic E-state index is 5.25. The van der Waals surface area contributed by atoms with Gasteiger partial charge in [-0.05, 0) is 158 Å². The number of hydrogen-bond donors (Lipinski definition) is 0. The Kier molecular flexibility index (Phi) is 24.0. The maximum Gasteiger partial charge on any atom is 0.0468 e. The minimum Gasteiger partial charge on any atom is -0.381 e. The summed E-state index contributed by atoms with van der Waals surface area (Å²) in [6, 6.07) is 0.748. The van der Waals surface area contributed by atoms with Crippen LogP contribution in [-0.4, -0.2) is 62.3 Å². The molecule has 0 atom stereocenters. The van der Waals surface area contributed by atoms with Gasteiger partial charge in [0.25, 0.3) is 0 Å². The van der Waals surface area contributed by atoms with Gasteiger partial charge in [-0.1, -0.05) is 83.1 Å². The predicted octanol–water partition coefficient (Wildman–Crippen LogP) is 11.2. The van der Waals surface area contributed by atoms with Crippen molar-refractivity contribution in [2.24, 2.45) is 59.2 Å². The van der Waals surface area contributed by atoms with Crippen LogP contribution >= 0.6 is 0 Å². The molecule has 0 aromatic heterocycles. The standard InChI is InChI=1S/C11H23N.C9H19N.C8H16O.C6H12.C6H14/c1-9(2)11-5-7-12(8-6-11)10(3)4;1-8(2)9-4-6-10(3)7-5-9;1-7(2)8-3-5-9-6-4-8;1-5(2)6-3-4-6;1-5(2)6(3)4/h9-11H,5-8H2,1-4H3;8-9H,4-7H2,1-3H3;7-8H,3-6H2,1-2H3;5-6H,3-4H2,1-2H3;5-6H,1-4H3. The van der Waals surface area contributed by atoms with Crippen molar-refractivity contribution in [1.82, 2.24) is 9.80 Å².